The first-order chi connectivity index (χ1) is 4.98. The van der Waals surface area contributed by atoms with Gasteiger partial charge in [-0.3, -0.25) is 10.4 Å². The van der Waals surface area contributed by atoms with E-state index in [-0.39, 0.29) is 6.54 Å². The Hall–Kier alpha value is -0.170. The molecule has 0 aromatic rings. The molecule has 6 heteroatoms. The molecule has 0 fully saturated rings. The maximum absolute atomic E-state index is 10.3. The molecular weight excluding hydrogens is 168 g/mol. The van der Waals surface area contributed by atoms with Crippen LogP contribution in [0.25, 0.3) is 0 Å². The first-order valence-corrected chi connectivity index (χ1v) is 4.88. The molecule has 0 atom stereocenters. The highest BCUT2D eigenvalue weighted by atomic mass is 32.2. The Kier molecular flexibility index (Phi) is 4.58. The zero-order valence-electron chi connectivity index (χ0n) is 6.52. The van der Waals surface area contributed by atoms with Gasteiger partial charge in [0.2, 0.25) is 0 Å². The van der Waals surface area contributed by atoms with Gasteiger partial charge in [0.1, 0.15) is 0 Å². The molecule has 0 aliphatic carbocycles. The fourth-order valence-corrected chi connectivity index (χ4v) is 0.993. The molecule has 0 amide bonds. The third-order valence-corrected chi connectivity index (χ3v) is 2.05. The van der Waals surface area contributed by atoms with Crippen molar-refractivity contribution >= 4 is 10.3 Å². The van der Waals surface area contributed by atoms with Gasteiger partial charge in [0.25, 0.3) is 0 Å². The van der Waals surface area contributed by atoms with Crippen LogP contribution in [0.15, 0.2) is 0 Å². The number of hydrazine groups is 1. The van der Waals surface area contributed by atoms with Crippen LogP contribution in [0.3, 0.4) is 0 Å². The van der Waals surface area contributed by atoms with Gasteiger partial charge in [0, 0.05) is 6.54 Å². The lowest BCUT2D eigenvalue weighted by Gasteiger charge is -2.10. The number of nitrogens with zero attached hydrogens (tertiary/aromatic N) is 1. The van der Waals surface area contributed by atoms with E-state index in [1.54, 1.807) is 0 Å². The second-order valence-electron chi connectivity index (χ2n) is 2.30. The van der Waals surface area contributed by atoms with Crippen molar-refractivity contribution in [1.29, 1.82) is 0 Å². The Labute approximate surface area is 67.0 Å². The lowest BCUT2D eigenvalue weighted by Crippen LogP contribution is -2.37. The van der Waals surface area contributed by atoms with Crippen LogP contribution in [0.2, 0.25) is 0 Å². The Morgan fingerprint density at radius 2 is 2.00 bits per heavy atom. The van der Waals surface area contributed by atoms with Gasteiger partial charge in [0.15, 0.2) is 0 Å². The highest BCUT2D eigenvalue weighted by molar-refractivity contribution is 7.83. The van der Waals surface area contributed by atoms with Gasteiger partial charge in [-0.15, -0.1) is 4.41 Å². The van der Waals surface area contributed by atoms with E-state index >= 15 is 0 Å². The Morgan fingerprint density at radius 1 is 1.45 bits per heavy atom. The van der Waals surface area contributed by atoms with Gasteiger partial charge in [-0.2, -0.15) is 8.42 Å². The van der Waals surface area contributed by atoms with Crippen molar-refractivity contribution in [2.75, 3.05) is 6.54 Å². The molecule has 0 saturated heterocycles. The van der Waals surface area contributed by atoms with Crippen molar-refractivity contribution in [3.63, 3.8) is 0 Å². The van der Waals surface area contributed by atoms with Crippen LogP contribution in [0, 0.1) is 0 Å². The summed E-state index contributed by atoms with van der Waals surface area (Å²) in [6, 6.07) is 0. The maximum Gasteiger partial charge on any atom is 0.348 e. The summed E-state index contributed by atoms with van der Waals surface area (Å²) in [7, 11) is -4.17. The number of nitrogens with two attached hydrogens (primary N) is 1. The lowest BCUT2D eigenvalue weighted by atomic mass is 10.3. The van der Waals surface area contributed by atoms with Gasteiger partial charge >= 0.3 is 10.3 Å². The third kappa shape index (κ3) is 5.14. The minimum atomic E-state index is -4.17. The molecule has 0 unspecified atom stereocenters. The summed E-state index contributed by atoms with van der Waals surface area (Å²) in [6.07, 6.45) is 2.56. The summed E-state index contributed by atoms with van der Waals surface area (Å²) in [5.41, 5.74) is 0. The SMILES string of the molecule is CCCCCN(N)S(=O)(=O)O. The average molecular weight is 182 g/mol. The maximum atomic E-state index is 10.3. The van der Waals surface area contributed by atoms with E-state index < -0.39 is 10.3 Å². The number of hydrogen-bond donors (Lipinski definition) is 2. The van der Waals surface area contributed by atoms with Gasteiger partial charge < -0.3 is 0 Å². The molecule has 0 heterocycles. The zero-order chi connectivity index (χ0) is 8.91. The number of rotatable bonds is 5. The van der Waals surface area contributed by atoms with Crippen molar-refractivity contribution in [3.05, 3.63) is 0 Å². The van der Waals surface area contributed by atoms with Crippen LogP contribution in [-0.2, 0) is 10.3 Å². The predicted octanol–water partition coefficient (Wildman–Crippen LogP) is 0.155. The van der Waals surface area contributed by atoms with Crippen molar-refractivity contribution in [2.45, 2.75) is 26.2 Å². The van der Waals surface area contributed by atoms with E-state index in [1.165, 1.54) is 0 Å². The smallest absolute Gasteiger partial charge is 0.272 e. The van der Waals surface area contributed by atoms with Crippen LogP contribution < -0.4 is 5.84 Å². The summed E-state index contributed by atoms with van der Waals surface area (Å²) < 4.78 is 29.4. The molecule has 0 spiro atoms. The summed E-state index contributed by atoms with van der Waals surface area (Å²) in [4.78, 5) is 0. The first kappa shape index (κ1) is 10.8. The van der Waals surface area contributed by atoms with Crippen LogP contribution >= 0.6 is 0 Å². The molecule has 0 aromatic heterocycles. The Bertz CT molecular complexity index is 190. The highest BCUT2D eigenvalue weighted by Gasteiger charge is 2.12. The largest absolute Gasteiger partial charge is 0.348 e. The molecule has 5 nitrogen and oxygen atoms in total. The van der Waals surface area contributed by atoms with Crippen LogP contribution in [0.5, 0.6) is 0 Å². The zero-order valence-corrected chi connectivity index (χ0v) is 7.34. The van der Waals surface area contributed by atoms with Crippen molar-refractivity contribution in [3.8, 4) is 0 Å². The monoisotopic (exact) mass is 182 g/mol. The molecule has 0 saturated carbocycles. The normalized spacial score (nSPS) is 12.4. The highest BCUT2D eigenvalue weighted by Crippen LogP contribution is 1.97. The van der Waals surface area contributed by atoms with Crippen molar-refractivity contribution in [1.82, 2.24) is 4.41 Å². The van der Waals surface area contributed by atoms with E-state index in [4.69, 9.17) is 10.4 Å². The van der Waals surface area contributed by atoms with Gasteiger partial charge in [-0.25, -0.2) is 0 Å². The minimum absolute atomic E-state index is 0.173. The first-order valence-electron chi connectivity index (χ1n) is 3.48. The molecule has 11 heavy (non-hydrogen) atoms. The van der Waals surface area contributed by atoms with Gasteiger partial charge in [-0.1, -0.05) is 19.8 Å². The Morgan fingerprint density at radius 3 is 2.36 bits per heavy atom. The molecule has 0 rings (SSSR count). The van der Waals surface area contributed by atoms with Gasteiger partial charge in [0.05, 0.1) is 0 Å². The molecule has 0 aliphatic rings. The van der Waals surface area contributed by atoms with Crippen LogP contribution in [0.4, 0.5) is 0 Å². The van der Waals surface area contributed by atoms with Crippen molar-refractivity contribution in [2.24, 2.45) is 5.84 Å². The standard InChI is InChI=1S/C5H14N2O3S/c1-2-3-4-5-7(6)11(8,9)10/h2-6H2,1H3,(H,8,9,10). The second kappa shape index (κ2) is 4.66. The Balaban J connectivity index is 3.62. The van der Waals surface area contributed by atoms with Crippen LogP contribution in [0.1, 0.15) is 26.2 Å². The number of hydrogen-bond acceptors (Lipinski definition) is 3. The molecule has 3 N–H and O–H groups in total. The summed E-state index contributed by atoms with van der Waals surface area (Å²) in [5.74, 6) is 4.99. The summed E-state index contributed by atoms with van der Waals surface area (Å²) in [5, 5.41) is 0. The molecule has 0 bridgehead atoms. The quantitative estimate of drug-likeness (QED) is 0.274. The van der Waals surface area contributed by atoms with E-state index in [2.05, 4.69) is 0 Å². The van der Waals surface area contributed by atoms with E-state index in [9.17, 15) is 8.42 Å². The van der Waals surface area contributed by atoms with Crippen molar-refractivity contribution < 1.29 is 13.0 Å². The predicted molar refractivity (Wildman–Crippen MR) is 42.0 cm³/mol. The molecule has 0 radical (unpaired) electrons. The minimum Gasteiger partial charge on any atom is -0.272 e. The van der Waals surface area contributed by atoms with Crippen LogP contribution in [-0.4, -0.2) is 23.9 Å². The summed E-state index contributed by atoms with van der Waals surface area (Å²) >= 11 is 0. The topological polar surface area (TPSA) is 83.6 Å². The van der Waals surface area contributed by atoms with E-state index in [0.717, 1.165) is 12.8 Å². The molecule has 0 aromatic carbocycles. The summed E-state index contributed by atoms with van der Waals surface area (Å²) in [6.45, 7) is 2.17. The third-order valence-electron chi connectivity index (χ3n) is 1.28. The molecular formula is C5H14N2O3S. The fraction of sp³-hybridized carbons (Fsp3) is 1.00. The molecule has 0 aliphatic heterocycles. The number of unbranched alkanes of at least 4 members (excludes halogenated alkanes) is 2. The second-order valence-corrected chi connectivity index (χ2v) is 3.66. The molecule has 68 valence electrons. The lowest BCUT2D eigenvalue weighted by molar-refractivity contribution is 0.352. The van der Waals surface area contributed by atoms with Gasteiger partial charge in [-0.05, 0) is 6.42 Å². The fourth-order valence-electron chi connectivity index (χ4n) is 0.633. The van der Waals surface area contributed by atoms with E-state index in [1.807, 2.05) is 6.92 Å². The average Bonchev–Trinajstić information content (AvgIpc) is 1.86. The van der Waals surface area contributed by atoms with E-state index in [0.29, 0.717) is 10.8 Å².